The van der Waals surface area contributed by atoms with Gasteiger partial charge in [-0.3, -0.25) is 14.2 Å². The number of hydrogen-bond acceptors (Lipinski definition) is 5. The molecule has 2 aromatic heterocycles. The van der Waals surface area contributed by atoms with Crippen molar-refractivity contribution in [2.75, 3.05) is 26.2 Å². The zero-order valence-electron chi connectivity index (χ0n) is 16.3. The number of rotatable bonds is 6. The van der Waals surface area contributed by atoms with Crippen molar-refractivity contribution in [3.63, 3.8) is 0 Å². The first-order valence-electron chi connectivity index (χ1n) is 9.24. The number of hydrogen-bond donors (Lipinski definition) is 0. The fourth-order valence-electron chi connectivity index (χ4n) is 3.21. The Balaban J connectivity index is 1.57. The van der Waals surface area contributed by atoms with Crippen molar-refractivity contribution in [1.82, 2.24) is 28.8 Å². The molecule has 0 unspecified atom stereocenters. The first-order valence-corrected chi connectivity index (χ1v) is 11.8. The Labute approximate surface area is 178 Å². The first-order chi connectivity index (χ1) is 13.2. The average molecular weight is 520 g/mol. The molecule has 1 aliphatic rings. The molecule has 3 heterocycles. The molecule has 0 bridgehead atoms. The number of aryl methyl sites for hydroxylation is 4. The van der Waals surface area contributed by atoms with Gasteiger partial charge in [0.05, 0.1) is 15.0 Å². The van der Waals surface area contributed by atoms with E-state index in [1.807, 2.05) is 20.0 Å². The molecule has 9 nitrogen and oxygen atoms in total. The fraction of sp³-hybridized carbons (Fsp3) is 0.588. The summed E-state index contributed by atoms with van der Waals surface area (Å²) >= 11 is 2.22. The molecule has 28 heavy (non-hydrogen) atoms. The van der Waals surface area contributed by atoms with Crippen LogP contribution in [-0.4, -0.2) is 69.3 Å². The molecule has 0 spiro atoms. The van der Waals surface area contributed by atoms with Crippen molar-refractivity contribution in [3.8, 4) is 0 Å². The van der Waals surface area contributed by atoms with E-state index in [4.69, 9.17) is 0 Å². The Hall–Kier alpha value is -1.47. The van der Waals surface area contributed by atoms with Gasteiger partial charge in [0, 0.05) is 58.1 Å². The molecule has 11 heteroatoms. The number of sulfonamides is 1. The number of aromatic nitrogens is 4. The molecule has 1 aliphatic heterocycles. The van der Waals surface area contributed by atoms with Gasteiger partial charge in [0.25, 0.3) is 0 Å². The fourth-order valence-corrected chi connectivity index (χ4v) is 5.23. The lowest BCUT2D eigenvalue weighted by Gasteiger charge is -2.34. The molecule has 1 saturated heterocycles. The summed E-state index contributed by atoms with van der Waals surface area (Å²) in [4.78, 5) is 14.5. The van der Waals surface area contributed by atoms with E-state index in [0.29, 0.717) is 51.4 Å². The van der Waals surface area contributed by atoms with Gasteiger partial charge >= 0.3 is 0 Å². The van der Waals surface area contributed by atoms with Crippen molar-refractivity contribution in [3.05, 3.63) is 27.4 Å². The predicted octanol–water partition coefficient (Wildman–Crippen LogP) is 1.24. The smallest absolute Gasteiger partial charge is 0.246 e. The molecule has 1 fully saturated rings. The molecule has 2 aromatic rings. The van der Waals surface area contributed by atoms with Crippen molar-refractivity contribution < 1.29 is 13.2 Å². The van der Waals surface area contributed by atoms with Gasteiger partial charge in [0.2, 0.25) is 15.9 Å². The summed E-state index contributed by atoms with van der Waals surface area (Å²) in [6, 6.07) is 0. The van der Waals surface area contributed by atoms with E-state index in [2.05, 4.69) is 32.8 Å². The monoisotopic (exact) mass is 520 g/mol. The van der Waals surface area contributed by atoms with Crippen LogP contribution in [0.15, 0.2) is 17.3 Å². The highest BCUT2D eigenvalue weighted by atomic mass is 127. The van der Waals surface area contributed by atoms with Crippen LogP contribution in [0.3, 0.4) is 0 Å². The molecule has 154 valence electrons. The lowest BCUT2D eigenvalue weighted by molar-refractivity contribution is -0.132. The third kappa shape index (κ3) is 4.40. The Kier molecular flexibility index (Phi) is 6.44. The normalized spacial score (nSPS) is 15.9. The van der Waals surface area contributed by atoms with Crippen LogP contribution in [-0.2, 0) is 27.9 Å². The molecular weight excluding hydrogens is 495 g/mol. The van der Waals surface area contributed by atoms with Crippen molar-refractivity contribution >= 4 is 38.5 Å². The van der Waals surface area contributed by atoms with E-state index >= 15 is 0 Å². The molecule has 0 radical (unpaired) electrons. The number of amides is 1. The van der Waals surface area contributed by atoms with Crippen LogP contribution >= 0.6 is 22.6 Å². The standard InChI is InChI=1S/C17H25IN6O3S/c1-4-22-12-16(14(3)20-22)28(26,27)24-9-7-21(8-10-24)17(25)5-6-23-11-15(18)13(2)19-23/h11-12H,4-10H2,1-3H3. The molecular formula is C17H25IN6O3S. The van der Waals surface area contributed by atoms with Crippen LogP contribution < -0.4 is 0 Å². The molecule has 0 N–H and O–H groups in total. The summed E-state index contributed by atoms with van der Waals surface area (Å²) in [6.07, 6.45) is 3.86. The van der Waals surface area contributed by atoms with Crippen LogP contribution in [0.4, 0.5) is 0 Å². The lowest BCUT2D eigenvalue weighted by Crippen LogP contribution is -2.50. The van der Waals surface area contributed by atoms with E-state index in [1.165, 1.54) is 4.31 Å². The van der Waals surface area contributed by atoms with Crippen LogP contribution in [0, 0.1) is 17.4 Å². The number of carbonyl (C=O) groups excluding carboxylic acids is 1. The first kappa shape index (κ1) is 21.2. The van der Waals surface area contributed by atoms with Gasteiger partial charge < -0.3 is 4.90 Å². The number of nitrogens with zero attached hydrogens (tertiary/aromatic N) is 6. The second kappa shape index (κ2) is 8.49. The van der Waals surface area contributed by atoms with Crippen molar-refractivity contribution in [1.29, 1.82) is 0 Å². The minimum atomic E-state index is -3.59. The van der Waals surface area contributed by atoms with Gasteiger partial charge in [0.15, 0.2) is 0 Å². The molecule has 0 saturated carbocycles. The van der Waals surface area contributed by atoms with Gasteiger partial charge in [-0.05, 0) is 43.4 Å². The minimum absolute atomic E-state index is 0.0233. The third-order valence-corrected chi connectivity index (χ3v) is 7.94. The maximum absolute atomic E-state index is 12.9. The maximum Gasteiger partial charge on any atom is 0.246 e. The van der Waals surface area contributed by atoms with Gasteiger partial charge in [0.1, 0.15) is 4.90 Å². The summed E-state index contributed by atoms with van der Waals surface area (Å²) in [5, 5.41) is 8.60. The SMILES string of the molecule is CCn1cc(S(=O)(=O)N2CCN(C(=O)CCn3cc(I)c(C)n3)CC2)c(C)n1. The molecule has 1 amide bonds. The second-order valence-corrected chi connectivity index (χ2v) is 9.86. The topological polar surface area (TPSA) is 93.3 Å². The summed E-state index contributed by atoms with van der Waals surface area (Å²) in [6.45, 7) is 8.09. The van der Waals surface area contributed by atoms with E-state index in [9.17, 15) is 13.2 Å². The Morgan fingerprint density at radius 2 is 1.71 bits per heavy atom. The highest BCUT2D eigenvalue weighted by molar-refractivity contribution is 14.1. The van der Waals surface area contributed by atoms with E-state index in [1.54, 1.807) is 27.4 Å². The Morgan fingerprint density at radius 3 is 2.25 bits per heavy atom. The maximum atomic E-state index is 12.9. The number of piperazine rings is 1. The van der Waals surface area contributed by atoms with Gasteiger partial charge in [-0.2, -0.15) is 14.5 Å². The van der Waals surface area contributed by atoms with Gasteiger partial charge in [-0.25, -0.2) is 8.42 Å². The van der Waals surface area contributed by atoms with Gasteiger partial charge in [-0.15, -0.1) is 0 Å². The largest absolute Gasteiger partial charge is 0.340 e. The quantitative estimate of drug-likeness (QED) is 0.535. The summed E-state index contributed by atoms with van der Waals surface area (Å²) in [5.74, 6) is 0.0233. The van der Waals surface area contributed by atoms with E-state index in [0.717, 1.165) is 9.26 Å². The van der Waals surface area contributed by atoms with Crippen molar-refractivity contribution in [2.45, 2.75) is 45.2 Å². The molecule has 3 rings (SSSR count). The number of halogens is 1. The van der Waals surface area contributed by atoms with Gasteiger partial charge in [-0.1, -0.05) is 0 Å². The Bertz CT molecular complexity index is 940. The lowest BCUT2D eigenvalue weighted by atomic mass is 10.3. The van der Waals surface area contributed by atoms with Crippen molar-refractivity contribution in [2.24, 2.45) is 0 Å². The summed E-state index contributed by atoms with van der Waals surface area (Å²) in [5.41, 5.74) is 1.46. The number of carbonyl (C=O) groups is 1. The summed E-state index contributed by atoms with van der Waals surface area (Å²) < 4.78 is 31.8. The molecule has 0 aliphatic carbocycles. The van der Waals surface area contributed by atoms with E-state index in [-0.39, 0.29) is 10.8 Å². The van der Waals surface area contributed by atoms with Crippen LogP contribution in [0.25, 0.3) is 0 Å². The Morgan fingerprint density at radius 1 is 1.07 bits per heavy atom. The zero-order valence-corrected chi connectivity index (χ0v) is 19.3. The second-order valence-electron chi connectivity index (χ2n) is 6.79. The van der Waals surface area contributed by atoms with Crippen LogP contribution in [0.5, 0.6) is 0 Å². The average Bonchev–Trinajstić information content (AvgIpc) is 3.22. The predicted molar refractivity (Wildman–Crippen MR) is 112 cm³/mol. The molecule has 0 aromatic carbocycles. The van der Waals surface area contributed by atoms with Crippen LogP contribution in [0.2, 0.25) is 0 Å². The highest BCUT2D eigenvalue weighted by Crippen LogP contribution is 2.20. The minimum Gasteiger partial charge on any atom is -0.340 e. The van der Waals surface area contributed by atoms with E-state index < -0.39 is 10.0 Å². The van der Waals surface area contributed by atoms with Crippen LogP contribution in [0.1, 0.15) is 24.7 Å². The summed E-state index contributed by atoms with van der Waals surface area (Å²) in [7, 11) is -3.59. The molecule has 0 atom stereocenters. The third-order valence-electron chi connectivity index (χ3n) is 4.88. The zero-order chi connectivity index (χ0) is 20.5. The highest BCUT2D eigenvalue weighted by Gasteiger charge is 2.32.